The van der Waals surface area contributed by atoms with Gasteiger partial charge < -0.3 is 4.57 Å². The first-order chi connectivity index (χ1) is 10.8. The Morgan fingerprint density at radius 2 is 1.77 bits per heavy atom. The Morgan fingerprint density at radius 3 is 2.64 bits per heavy atom. The first-order valence-electron chi connectivity index (χ1n) is 6.94. The molecular formula is C16H13N5S. The second-order valence-electron chi connectivity index (χ2n) is 4.98. The number of aromatic nitrogens is 5. The van der Waals surface area contributed by atoms with Crippen LogP contribution in [0.2, 0.25) is 0 Å². The molecule has 0 radical (unpaired) electrons. The van der Waals surface area contributed by atoms with Crippen LogP contribution in [0.4, 0.5) is 0 Å². The van der Waals surface area contributed by atoms with Gasteiger partial charge in [0, 0.05) is 5.69 Å². The van der Waals surface area contributed by atoms with Crippen molar-refractivity contribution in [1.82, 2.24) is 24.3 Å². The van der Waals surface area contributed by atoms with Crippen molar-refractivity contribution in [3.63, 3.8) is 0 Å². The third-order valence-corrected chi connectivity index (χ3v) is 3.87. The summed E-state index contributed by atoms with van der Waals surface area (Å²) >= 11 is 5.37. The van der Waals surface area contributed by atoms with E-state index >= 15 is 0 Å². The van der Waals surface area contributed by atoms with E-state index in [1.54, 1.807) is 0 Å². The zero-order valence-corrected chi connectivity index (χ0v) is 12.5. The van der Waals surface area contributed by atoms with Crippen molar-refractivity contribution in [1.29, 1.82) is 0 Å². The molecule has 4 rings (SSSR count). The van der Waals surface area contributed by atoms with Gasteiger partial charge in [0.25, 0.3) is 0 Å². The van der Waals surface area contributed by atoms with Gasteiger partial charge in [-0.3, -0.25) is 9.67 Å². The summed E-state index contributed by atoms with van der Waals surface area (Å²) in [5, 5.41) is 7.25. The summed E-state index contributed by atoms with van der Waals surface area (Å²) in [7, 11) is 0. The molecule has 108 valence electrons. The molecule has 2 aromatic carbocycles. The second-order valence-corrected chi connectivity index (χ2v) is 5.36. The van der Waals surface area contributed by atoms with Gasteiger partial charge in [-0.05, 0) is 36.5 Å². The maximum atomic E-state index is 5.37. The molecule has 0 unspecified atom stereocenters. The molecule has 0 amide bonds. The van der Waals surface area contributed by atoms with E-state index in [-0.39, 0.29) is 0 Å². The summed E-state index contributed by atoms with van der Waals surface area (Å²) in [5.41, 5.74) is 3.06. The van der Waals surface area contributed by atoms with Crippen LogP contribution < -0.4 is 0 Å². The molecule has 0 aliphatic heterocycles. The lowest BCUT2D eigenvalue weighted by atomic mass is 10.3. The minimum absolute atomic E-state index is 0.589. The molecule has 2 aromatic heterocycles. The molecule has 4 aromatic rings. The molecule has 0 spiro atoms. The number of nitrogens with one attached hydrogen (secondary N) is 1. The van der Waals surface area contributed by atoms with Crippen LogP contribution in [0, 0.1) is 4.77 Å². The molecule has 0 saturated heterocycles. The van der Waals surface area contributed by atoms with E-state index < -0.39 is 0 Å². The third-order valence-electron chi connectivity index (χ3n) is 3.60. The molecule has 0 fully saturated rings. The van der Waals surface area contributed by atoms with Gasteiger partial charge in [0.05, 0.1) is 23.9 Å². The van der Waals surface area contributed by atoms with E-state index in [1.165, 1.54) is 0 Å². The van der Waals surface area contributed by atoms with E-state index in [0.717, 1.165) is 22.5 Å². The highest BCUT2D eigenvalue weighted by molar-refractivity contribution is 7.71. The van der Waals surface area contributed by atoms with E-state index in [9.17, 15) is 0 Å². The van der Waals surface area contributed by atoms with Crippen molar-refractivity contribution in [2.75, 3.05) is 0 Å². The van der Waals surface area contributed by atoms with Crippen molar-refractivity contribution in [3.8, 4) is 5.69 Å². The summed E-state index contributed by atoms with van der Waals surface area (Å²) in [6, 6.07) is 18.0. The van der Waals surface area contributed by atoms with Gasteiger partial charge in [-0.2, -0.15) is 5.10 Å². The predicted octanol–water partition coefficient (Wildman–Crippen LogP) is 3.33. The number of fused-ring (bicyclic) bond motifs is 1. The van der Waals surface area contributed by atoms with Gasteiger partial charge in [0.2, 0.25) is 0 Å². The largest absolute Gasteiger partial charge is 0.323 e. The summed E-state index contributed by atoms with van der Waals surface area (Å²) in [4.78, 5) is 4.41. The zero-order chi connectivity index (χ0) is 14.9. The van der Waals surface area contributed by atoms with Crippen molar-refractivity contribution < 1.29 is 0 Å². The number of aromatic amines is 1. The number of nitrogens with zero attached hydrogens (tertiary/aromatic N) is 4. The fraction of sp³-hybridized carbons (Fsp3) is 0.0625. The summed E-state index contributed by atoms with van der Waals surface area (Å²) in [6.45, 7) is 0.600. The summed E-state index contributed by atoms with van der Waals surface area (Å²) in [5.74, 6) is 0.847. The molecule has 22 heavy (non-hydrogen) atoms. The number of imidazole rings is 1. The van der Waals surface area contributed by atoms with E-state index in [1.807, 2.05) is 59.4 Å². The fourth-order valence-corrected chi connectivity index (χ4v) is 2.82. The first-order valence-corrected chi connectivity index (χ1v) is 7.35. The standard InChI is InChI=1S/C16H13N5S/c22-16-19-18-15(21(16)12-6-2-1-3-7-12)10-20-11-17-13-8-4-5-9-14(13)20/h1-9,11H,10H2,(H,19,22). The molecule has 0 bridgehead atoms. The summed E-state index contributed by atoms with van der Waals surface area (Å²) < 4.78 is 4.61. The molecule has 1 N–H and O–H groups in total. The molecule has 0 aliphatic rings. The lowest BCUT2D eigenvalue weighted by Gasteiger charge is -2.08. The smallest absolute Gasteiger partial charge is 0.199 e. The maximum Gasteiger partial charge on any atom is 0.199 e. The predicted molar refractivity (Wildman–Crippen MR) is 87.6 cm³/mol. The average molecular weight is 307 g/mol. The normalized spacial score (nSPS) is 11.1. The number of rotatable bonds is 3. The van der Waals surface area contributed by atoms with Crippen LogP contribution in [0.15, 0.2) is 60.9 Å². The number of hydrogen-bond donors (Lipinski definition) is 1. The highest BCUT2D eigenvalue weighted by Crippen LogP contribution is 2.16. The topological polar surface area (TPSA) is 51.4 Å². The van der Waals surface area contributed by atoms with Crippen LogP contribution in [-0.4, -0.2) is 24.3 Å². The Balaban J connectivity index is 1.80. The van der Waals surface area contributed by atoms with Crippen LogP contribution in [0.25, 0.3) is 16.7 Å². The van der Waals surface area contributed by atoms with Crippen LogP contribution in [-0.2, 0) is 6.54 Å². The minimum Gasteiger partial charge on any atom is -0.323 e. The SMILES string of the molecule is S=c1[nH]nc(Cn2cnc3ccccc32)n1-c1ccccc1. The Morgan fingerprint density at radius 1 is 1.00 bits per heavy atom. The van der Waals surface area contributed by atoms with Crippen molar-refractivity contribution in [2.45, 2.75) is 6.54 Å². The molecule has 6 heteroatoms. The molecule has 0 atom stereocenters. The highest BCUT2D eigenvalue weighted by atomic mass is 32.1. The Labute approximate surface area is 131 Å². The van der Waals surface area contributed by atoms with Gasteiger partial charge >= 0.3 is 0 Å². The van der Waals surface area contributed by atoms with Gasteiger partial charge in [0.15, 0.2) is 10.6 Å². The molecular weight excluding hydrogens is 294 g/mol. The molecule has 0 saturated carbocycles. The number of H-pyrrole nitrogens is 1. The third kappa shape index (κ3) is 2.14. The van der Waals surface area contributed by atoms with Crippen LogP contribution in [0.5, 0.6) is 0 Å². The highest BCUT2D eigenvalue weighted by Gasteiger charge is 2.10. The number of hydrogen-bond acceptors (Lipinski definition) is 3. The van der Waals surface area contributed by atoms with Gasteiger partial charge in [-0.1, -0.05) is 30.3 Å². The number of benzene rings is 2. The van der Waals surface area contributed by atoms with Crippen molar-refractivity contribution in [3.05, 3.63) is 71.5 Å². The monoisotopic (exact) mass is 307 g/mol. The average Bonchev–Trinajstić information content (AvgIpc) is 3.13. The van der Waals surface area contributed by atoms with Crippen molar-refractivity contribution >= 4 is 23.3 Å². The minimum atomic E-state index is 0.589. The van der Waals surface area contributed by atoms with Crippen molar-refractivity contribution in [2.24, 2.45) is 0 Å². The van der Waals surface area contributed by atoms with Gasteiger partial charge in [0.1, 0.15) is 0 Å². The Kier molecular flexibility index (Phi) is 3.08. The van der Waals surface area contributed by atoms with Crippen LogP contribution >= 0.6 is 12.2 Å². The fourth-order valence-electron chi connectivity index (χ4n) is 2.57. The molecule has 2 heterocycles. The van der Waals surface area contributed by atoms with Crippen LogP contribution in [0.3, 0.4) is 0 Å². The van der Waals surface area contributed by atoms with E-state index in [2.05, 4.69) is 25.8 Å². The lowest BCUT2D eigenvalue weighted by Crippen LogP contribution is -2.07. The first kappa shape index (κ1) is 13.0. The second kappa shape index (κ2) is 5.23. The maximum absolute atomic E-state index is 5.37. The van der Waals surface area contributed by atoms with Gasteiger partial charge in [-0.25, -0.2) is 4.98 Å². The lowest BCUT2D eigenvalue weighted by molar-refractivity contribution is 0.741. The van der Waals surface area contributed by atoms with E-state index in [0.29, 0.717) is 11.3 Å². The zero-order valence-electron chi connectivity index (χ0n) is 11.7. The Bertz CT molecular complexity index is 980. The molecule has 0 aliphatic carbocycles. The quantitative estimate of drug-likeness (QED) is 0.591. The van der Waals surface area contributed by atoms with Gasteiger partial charge in [-0.15, -0.1) is 0 Å². The van der Waals surface area contributed by atoms with E-state index in [4.69, 9.17) is 12.2 Å². The molecule has 5 nitrogen and oxygen atoms in total. The number of para-hydroxylation sites is 3. The Hall–Kier alpha value is -2.73. The van der Waals surface area contributed by atoms with Crippen LogP contribution in [0.1, 0.15) is 5.82 Å². The summed E-state index contributed by atoms with van der Waals surface area (Å²) in [6.07, 6.45) is 1.83.